The predicted octanol–water partition coefficient (Wildman–Crippen LogP) is 4.04. The van der Waals surface area contributed by atoms with Gasteiger partial charge in [0.25, 0.3) is 0 Å². The van der Waals surface area contributed by atoms with Gasteiger partial charge in [0.1, 0.15) is 5.78 Å². The van der Waals surface area contributed by atoms with Gasteiger partial charge < -0.3 is 19.7 Å². The summed E-state index contributed by atoms with van der Waals surface area (Å²) in [7, 11) is 0. The fraction of sp³-hybridized carbons (Fsp3) is 0.923. The molecule has 5 rings (SSSR count). The van der Waals surface area contributed by atoms with Crippen LogP contribution in [0.3, 0.4) is 0 Å². The lowest BCUT2D eigenvalue weighted by Gasteiger charge is -2.62. The summed E-state index contributed by atoms with van der Waals surface area (Å²) >= 11 is 0. The number of fused-ring (bicyclic) bond motifs is 5. The molecule has 6 heteroatoms. The zero-order valence-corrected chi connectivity index (χ0v) is 19.8. The third-order valence-electron chi connectivity index (χ3n) is 10.9. The Morgan fingerprint density at radius 1 is 1.16 bits per heavy atom. The van der Waals surface area contributed by atoms with Gasteiger partial charge in [0.15, 0.2) is 5.79 Å². The van der Waals surface area contributed by atoms with E-state index in [1.807, 2.05) is 0 Å². The molecule has 0 bridgehead atoms. The van der Waals surface area contributed by atoms with Crippen molar-refractivity contribution < 1.29 is 29.3 Å². The van der Waals surface area contributed by atoms with Crippen molar-refractivity contribution >= 4 is 11.8 Å². The molecule has 5 aliphatic rings. The molecule has 1 saturated heterocycles. The summed E-state index contributed by atoms with van der Waals surface area (Å²) < 4.78 is 12.0. The van der Waals surface area contributed by atoms with Crippen LogP contribution in [0.2, 0.25) is 0 Å². The SMILES string of the molecule is C[C@@H](CCC(=O)O)[C@H]1CC[C@@H]2[C@@H]3[C@H](O)C[C@@H]4CC5(CC[C@]4(C)[C@@H]3CC(=O)[C@@]21C)OCCO5. The van der Waals surface area contributed by atoms with Crippen LogP contribution in [0.5, 0.6) is 0 Å². The molecule has 32 heavy (non-hydrogen) atoms. The smallest absolute Gasteiger partial charge is 0.303 e. The molecule has 0 aromatic carbocycles. The molecule has 4 saturated carbocycles. The lowest BCUT2D eigenvalue weighted by molar-refractivity contribution is -0.240. The molecular weight excluding hydrogens is 408 g/mol. The molecule has 1 aliphatic heterocycles. The van der Waals surface area contributed by atoms with Gasteiger partial charge in [-0.15, -0.1) is 0 Å². The fourth-order valence-electron chi connectivity index (χ4n) is 9.14. The molecule has 5 fully saturated rings. The second-order valence-corrected chi connectivity index (χ2v) is 12.1. The Labute approximate surface area is 191 Å². The Bertz CT molecular complexity index is 774. The van der Waals surface area contributed by atoms with Crippen LogP contribution in [0, 0.1) is 46.3 Å². The highest BCUT2D eigenvalue weighted by Crippen LogP contribution is 2.68. The summed E-state index contributed by atoms with van der Waals surface area (Å²) in [4.78, 5) is 25.0. The number of Topliss-reactive ketones (excluding diaryl/α,β-unsaturated/α-hetero) is 1. The first kappa shape index (κ1) is 22.8. The van der Waals surface area contributed by atoms with E-state index in [9.17, 15) is 14.7 Å². The zero-order chi connectivity index (χ0) is 22.9. The number of carbonyl (C=O) groups excluding carboxylic acids is 1. The summed E-state index contributed by atoms with van der Waals surface area (Å²) in [6, 6.07) is 0. The van der Waals surface area contributed by atoms with Crippen molar-refractivity contribution in [2.45, 2.75) is 90.4 Å². The molecule has 180 valence electrons. The average molecular weight is 449 g/mol. The fourth-order valence-corrected chi connectivity index (χ4v) is 9.14. The van der Waals surface area contributed by atoms with Crippen molar-refractivity contribution in [1.82, 2.24) is 0 Å². The number of rotatable bonds is 4. The van der Waals surface area contributed by atoms with E-state index < -0.39 is 17.2 Å². The second kappa shape index (κ2) is 7.78. The Morgan fingerprint density at radius 2 is 1.88 bits per heavy atom. The van der Waals surface area contributed by atoms with Crippen LogP contribution in [0.15, 0.2) is 0 Å². The first-order valence-corrected chi connectivity index (χ1v) is 12.8. The first-order valence-electron chi connectivity index (χ1n) is 12.8. The third kappa shape index (κ3) is 3.23. The first-order chi connectivity index (χ1) is 15.1. The molecule has 9 atom stereocenters. The highest BCUT2D eigenvalue weighted by Gasteiger charge is 2.67. The quantitative estimate of drug-likeness (QED) is 0.674. The van der Waals surface area contributed by atoms with E-state index in [2.05, 4.69) is 20.8 Å². The van der Waals surface area contributed by atoms with Gasteiger partial charge >= 0.3 is 5.97 Å². The molecule has 0 radical (unpaired) electrons. The number of hydrogen-bond acceptors (Lipinski definition) is 5. The summed E-state index contributed by atoms with van der Waals surface area (Å²) in [5, 5.41) is 20.6. The van der Waals surface area contributed by atoms with E-state index in [1.54, 1.807) is 0 Å². The molecule has 0 aromatic heterocycles. The zero-order valence-electron chi connectivity index (χ0n) is 19.8. The number of ketones is 1. The monoisotopic (exact) mass is 448 g/mol. The summed E-state index contributed by atoms with van der Waals surface area (Å²) in [6.45, 7) is 7.93. The number of aliphatic carboxylic acids is 1. The van der Waals surface area contributed by atoms with Crippen molar-refractivity contribution in [3.8, 4) is 0 Å². The molecule has 0 aromatic rings. The van der Waals surface area contributed by atoms with Crippen LogP contribution < -0.4 is 0 Å². The summed E-state index contributed by atoms with van der Waals surface area (Å²) in [5.41, 5.74) is -0.398. The van der Waals surface area contributed by atoms with E-state index in [0.717, 1.165) is 38.5 Å². The standard InChI is InChI=1S/C26H40O6/c1-15(4-7-22(29)30)17-5-6-18-23-19(13-21(28)25(17,18)3)24(2)8-9-26(31-10-11-32-26)14-16(24)12-20(23)27/h15-20,23,27H,4-14H2,1-3H3,(H,29,30)/t15-,16+,17+,18+,19+,20+,23-,24-,25+/m0/s1. The number of aliphatic hydroxyl groups is 1. The van der Waals surface area contributed by atoms with Gasteiger partial charge in [-0.05, 0) is 73.0 Å². The van der Waals surface area contributed by atoms with E-state index in [-0.39, 0.29) is 47.5 Å². The van der Waals surface area contributed by atoms with Gasteiger partial charge in [-0.3, -0.25) is 9.59 Å². The van der Waals surface area contributed by atoms with Gasteiger partial charge in [0, 0.05) is 31.1 Å². The van der Waals surface area contributed by atoms with Gasteiger partial charge in [-0.1, -0.05) is 20.8 Å². The van der Waals surface area contributed by atoms with E-state index in [1.165, 1.54) is 0 Å². The molecule has 1 heterocycles. The van der Waals surface area contributed by atoms with Crippen LogP contribution in [0.25, 0.3) is 0 Å². The number of aliphatic hydroxyl groups excluding tert-OH is 1. The number of carboxylic acid groups (broad SMARTS) is 1. The van der Waals surface area contributed by atoms with Crippen molar-refractivity contribution in [3.05, 3.63) is 0 Å². The van der Waals surface area contributed by atoms with E-state index in [4.69, 9.17) is 14.6 Å². The Balaban J connectivity index is 1.40. The largest absolute Gasteiger partial charge is 0.481 e. The molecule has 0 unspecified atom stereocenters. The van der Waals surface area contributed by atoms with Gasteiger partial charge in [0.2, 0.25) is 0 Å². The Hall–Kier alpha value is -0.980. The lowest BCUT2D eigenvalue weighted by Crippen LogP contribution is -2.62. The number of carbonyl (C=O) groups is 2. The van der Waals surface area contributed by atoms with Crippen molar-refractivity contribution in [1.29, 1.82) is 0 Å². The van der Waals surface area contributed by atoms with Crippen LogP contribution in [-0.2, 0) is 19.1 Å². The van der Waals surface area contributed by atoms with Gasteiger partial charge in [0.05, 0.1) is 19.3 Å². The maximum atomic E-state index is 13.8. The van der Waals surface area contributed by atoms with Crippen LogP contribution in [0.1, 0.15) is 78.6 Å². The van der Waals surface area contributed by atoms with Gasteiger partial charge in [-0.2, -0.15) is 0 Å². The van der Waals surface area contributed by atoms with Crippen molar-refractivity contribution in [2.24, 2.45) is 46.3 Å². The Morgan fingerprint density at radius 3 is 2.56 bits per heavy atom. The maximum absolute atomic E-state index is 13.8. The average Bonchev–Trinajstić information content (AvgIpc) is 3.34. The minimum atomic E-state index is -0.765. The Kier molecular flexibility index (Phi) is 5.54. The second-order valence-electron chi connectivity index (χ2n) is 12.1. The number of ether oxygens (including phenoxy) is 2. The lowest BCUT2D eigenvalue weighted by atomic mass is 9.43. The summed E-state index contributed by atoms with van der Waals surface area (Å²) in [5.74, 6) is 0.438. The summed E-state index contributed by atoms with van der Waals surface area (Å²) in [6.07, 6.45) is 6.35. The van der Waals surface area contributed by atoms with E-state index in [0.29, 0.717) is 37.8 Å². The molecular formula is C26H40O6. The van der Waals surface area contributed by atoms with Crippen molar-refractivity contribution in [2.75, 3.05) is 13.2 Å². The highest BCUT2D eigenvalue weighted by atomic mass is 16.7. The highest BCUT2D eigenvalue weighted by molar-refractivity contribution is 5.87. The predicted molar refractivity (Wildman–Crippen MR) is 118 cm³/mol. The van der Waals surface area contributed by atoms with E-state index >= 15 is 0 Å². The van der Waals surface area contributed by atoms with Crippen LogP contribution in [-0.4, -0.2) is 47.1 Å². The molecule has 6 nitrogen and oxygen atoms in total. The van der Waals surface area contributed by atoms with Crippen LogP contribution >= 0.6 is 0 Å². The molecule has 0 amide bonds. The molecule has 1 spiro atoms. The van der Waals surface area contributed by atoms with Gasteiger partial charge in [-0.25, -0.2) is 0 Å². The normalized spacial score (nSPS) is 48.2. The topological polar surface area (TPSA) is 93.1 Å². The minimum absolute atomic E-state index is 0.0362. The minimum Gasteiger partial charge on any atom is -0.481 e. The van der Waals surface area contributed by atoms with Crippen molar-refractivity contribution in [3.63, 3.8) is 0 Å². The maximum Gasteiger partial charge on any atom is 0.303 e. The number of carboxylic acids is 1. The molecule has 2 N–H and O–H groups in total. The van der Waals surface area contributed by atoms with Crippen LogP contribution in [0.4, 0.5) is 0 Å². The molecule has 4 aliphatic carbocycles. The number of hydrogen-bond donors (Lipinski definition) is 2. The third-order valence-corrected chi connectivity index (χ3v) is 10.9.